The Morgan fingerprint density at radius 2 is 1.55 bits per heavy atom. The zero-order chi connectivity index (χ0) is 22.4. The van der Waals surface area contributed by atoms with E-state index >= 15 is 0 Å². The summed E-state index contributed by atoms with van der Waals surface area (Å²) in [5.41, 5.74) is 4.93. The van der Waals surface area contributed by atoms with Crippen molar-refractivity contribution in [3.05, 3.63) is 59.2 Å². The van der Waals surface area contributed by atoms with E-state index in [9.17, 15) is 9.59 Å². The van der Waals surface area contributed by atoms with Crippen molar-refractivity contribution in [2.45, 2.75) is 27.7 Å². The van der Waals surface area contributed by atoms with E-state index in [1.54, 1.807) is 0 Å². The second-order valence-electron chi connectivity index (χ2n) is 8.25. The van der Waals surface area contributed by atoms with E-state index in [0.29, 0.717) is 19.6 Å². The molecule has 0 saturated carbocycles. The Labute approximate surface area is 185 Å². The van der Waals surface area contributed by atoms with Gasteiger partial charge >= 0.3 is 0 Å². The normalized spacial score (nSPS) is 14.4. The molecule has 0 unspecified atom stereocenters. The fourth-order valence-electron chi connectivity index (χ4n) is 4.21. The lowest BCUT2D eigenvalue weighted by Gasteiger charge is -2.32. The van der Waals surface area contributed by atoms with Crippen molar-refractivity contribution in [1.29, 1.82) is 0 Å². The minimum atomic E-state index is 0.0270. The molecule has 2 aromatic carbocycles. The number of anilines is 2. The Kier molecular flexibility index (Phi) is 7.69. The third-order valence-corrected chi connectivity index (χ3v) is 6.16. The summed E-state index contributed by atoms with van der Waals surface area (Å²) in [4.78, 5) is 30.8. The topological polar surface area (TPSA) is 57.1 Å². The molecule has 1 fully saturated rings. The van der Waals surface area contributed by atoms with Gasteiger partial charge in [-0.05, 0) is 63.1 Å². The van der Waals surface area contributed by atoms with Crippen LogP contribution in [0.15, 0.2) is 42.5 Å². The number of hydrogen-bond acceptors (Lipinski definition) is 3. The van der Waals surface area contributed by atoms with Gasteiger partial charge in [0.25, 0.3) is 11.8 Å². The van der Waals surface area contributed by atoms with Crippen LogP contribution in [0.4, 0.5) is 11.4 Å². The molecule has 0 aromatic heterocycles. The van der Waals surface area contributed by atoms with Gasteiger partial charge < -0.3 is 20.0 Å². The Hall–Kier alpha value is -2.86. The number of amides is 2. The summed E-state index contributed by atoms with van der Waals surface area (Å²) in [5.74, 6) is 0.101. The van der Waals surface area contributed by atoms with Crippen molar-refractivity contribution >= 4 is 23.2 Å². The molecule has 2 N–H and O–H groups in total. The molecule has 6 heteroatoms. The van der Waals surface area contributed by atoms with Crippen LogP contribution in [0.3, 0.4) is 0 Å². The monoisotopic (exact) mass is 423 g/mol. The highest BCUT2D eigenvalue weighted by molar-refractivity contribution is 5.95. The summed E-state index contributed by atoms with van der Waals surface area (Å²) in [6.07, 6.45) is 0. The SMILES string of the molecule is CCN(CC)c1ccc(C(=O)N2CC[NH+](CC(=O)Nc3c(C)cccc3C)CC2)cc1. The molecule has 1 saturated heterocycles. The third kappa shape index (κ3) is 5.64. The predicted molar refractivity (Wildman–Crippen MR) is 126 cm³/mol. The molecular weight excluding hydrogens is 388 g/mol. The highest BCUT2D eigenvalue weighted by atomic mass is 16.2. The summed E-state index contributed by atoms with van der Waals surface area (Å²) >= 11 is 0. The molecule has 0 spiro atoms. The van der Waals surface area contributed by atoms with E-state index in [-0.39, 0.29) is 11.8 Å². The molecule has 0 atom stereocenters. The number of rotatable bonds is 7. The van der Waals surface area contributed by atoms with Crippen LogP contribution in [0.25, 0.3) is 0 Å². The largest absolute Gasteiger partial charge is 0.372 e. The second-order valence-corrected chi connectivity index (χ2v) is 8.25. The number of nitrogens with one attached hydrogen (secondary N) is 2. The zero-order valence-electron chi connectivity index (χ0n) is 19.2. The van der Waals surface area contributed by atoms with Gasteiger partial charge in [-0.15, -0.1) is 0 Å². The van der Waals surface area contributed by atoms with Gasteiger partial charge in [0.15, 0.2) is 6.54 Å². The van der Waals surface area contributed by atoms with Crippen molar-refractivity contribution in [3.63, 3.8) is 0 Å². The maximum atomic E-state index is 12.9. The number of benzene rings is 2. The van der Waals surface area contributed by atoms with Gasteiger partial charge in [0.1, 0.15) is 0 Å². The van der Waals surface area contributed by atoms with Crippen LogP contribution in [0.5, 0.6) is 0 Å². The number of hydrogen-bond donors (Lipinski definition) is 2. The zero-order valence-corrected chi connectivity index (χ0v) is 19.2. The van der Waals surface area contributed by atoms with Crippen molar-refractivity contribution in [3.8, 4) is 0 Å². The average molecular weight is 424 g/mol. The van der Waals surface area contributed by atoms with Crippen molar-refractivity contribution < 1.29 is 14.5 Å². The lowest BCUT2D eigenvalue weighted by molar-refractivity contribution is -0.895. The van der Waals surface area contributed by atoms with E-state index < -0.39 is 0 Å². The smallest absolute Gasteiger partial charge is 0.279 e. The number of nitrogens with zero attached hydrogens (tertiary/aromatic N) is 2. The Balaban J connectivity index is 1.51. The quantitative estimate of drug-likeness (QED) is 0.717. The van der Waals surface area contributed by atoms with Gasteiger partial charge in [0, 0.05) is 30.0 Å². The summed E-state index contributed by atoms with van der Waals surface area (Å²) in [7, 11) is 0. The van der Waals surface area contributed by atoms with Crippen LogP contribution in [0, 0.1) is 13.8 Å². The second kappa shape index (κ2) is 10.4. The molecule has 0 bridgehead atoms. The van der Waals surface area contributed by atoms with E-state index in [4.69, 9.17) is 0 Å². The fraction of sp³-hybridized carbons (Fsp3) is 0.440. The molecule has 31 heavy (non-hydrogen) atoms. The predicted octanol–water partition coefficient (Wildman–Crippen LogP) is 2.13. The number of aryl methyl sites for hydroxylation is 2. The molecule has 2 amide bonds. The maximum absolute atomic E-state index is 12.9. The standard InChI is InChI=1S/C25H34N4O2/c1-5-28(6-2)22-12-10-21(11-13-22)25(31)29-16-14-27(15-17-29)18-23(30)26-24-19(3)8-7-9-20(24)4/h7-13H,5-6,14-18H2,1-4H3,(H,26,30)/p+1. The molecule has 1 aliphatic rings. The lowest BCUT2D eigenvalue weighted by Crippen LogP contribution is -3.15. The van der Waals surface area contributed by atoms with Crippen LogP contribution in [0.2, 0.25) is 0 Å². The summed E-state index contributed by atoms with van der Waals surface area (Å²) in [6, 6.07) is 13.9. The molecule has 0 radical (unpaired) electrons. The minimum absolute atomic E-state index is 0.0270. The Morgan fingerprint density at radius 3 is 2.10 bits per heavy atom. The highest BCUT2D eigenvalue weighted by Crippen LogP contribution is 2.19. The number of carbonyl (C=O) groups excluding carboxylic acids is 2. The number of para-hydroxylation sites is 1. The van der Waals surface area contributed by atoms with Gasteiger partial charge in [0.2, 0.25) is 0 Å². The number of piperazine rings is 1. The first-order valence-electron chi connectivity index (χ1n) is 11.3. The molecule has 1 heterocycles. The average Bonchev–Trinajstić information content (AvgIpc) is 2.78. The van der Waals surface area contributed by atoms with E-state index in [2.05, 4.69) is 24.1 Å². The fourth-order valence-corrected chi connectivity index (χ4v) is 4.21. The van der Waals surface area contributed by atoms with Gasteiger partial charge in [-0.1, -0.05) is 18.2 Å². The van der Waals surface area contributed by atoms with Crippen molar-refractivity contribution in [2.75, 3.05) is 56.0 Å². The van der Waals surface area contributed by atoms with Gasteiger partial charge in [-0.3, -0.25) is 9.59 Å². The molecule has 3 rings (SSSR count). The summed E-state index contributed by atoms with van der Waals surface area (Å²) in [6.45, 7) is 13.5. The first-order chi connectivity index (χ1) is 14.9. The Morgan fingerprint density at radius 1 is 0.968 bits per heavy atom. The lowest BCUT2D eigenvalue weighted by atomic mass is 10.1. The molecular formula is C25H35N4O2+. The van der Waals surface area contributed by atoms with Crippen molar-refractivity contribution in [2.24, 2.45) is 0 Å². The van der Waals surface area contributed by atoms with Crippen LogP contribution in [-0.4, -0.2) is 62.5 Å². The molecule has 166 valence electrons. The van der Waals surface area contributed by atoms with Crippen LogP contribution in [-0.2, 0) is 4.79 Å². The van der Waals surface area contributed by atoms with E-state index in [1.807, 2.05) is 61.2 Å². The van der Waals surface area contributed by atoms with Crippen LogP contribution >= 0.6 is 0 Å². The van der Waals surface area contributed by atoms with Crippen molar-refractivity contribution in [1.82, 2.24) is 4.90 Å². The summed E-state index contributed by atoms with van der Waals surface area (Å²) in [5, 5.41) is 3.07. The maximum Gasteiger partial charge on any atom is 0.279 e. The van der Waals surface area contributed by atoms with E-state index in [0.717, 1.165) is 54.2 Å². The Bertz CT molecular complexity index is 878. The molecule has 0 aliphatic carbocycles. The van der Waals surface area contributed by atoms with Crippen LogP contribution < -0.4 is 15.1 Å². The van der Waals surface area contributed by atoms with E-state index in [1.165, 1.54) is 4.90 Å². The molecule has 2 aromatic rings. The number of quaternary nitrogens is 1. The summed E-state index contributed by atoms with van der Waals surface area (Å²) < 4.78 is 0. The molecule has 6 nitrogen and oxygen atoms in total. The van der Waals surface area contributed by atoms with Gasteiger partial charge in [-0.2, -0.15) is 0 Å². The first-order valence-corrected chi connectivity index (χ1v) is 11.3. The molecule has 1 aliphatic heterocycles. The minimum Gasteiger partial charge on any atom is -0.372 e. The van der Waals surface area contributed by atoms with Gasteiger partial charge in [0.05, 0.1) is 26.2 Å². The highest BCUT2D eigenvalue weighted by Gasteiger charge is 2.26. The third-order valence-electron chi connectivity index (χ3n) is 6.16. The van der Waals surface area contributed by atoms with Gasteiger partial charge in [-0.25, -0.2) is 0 Å². The number of carbonyl (C=O) groups is 2. The first kappa shape index (κ1) is 22.8. The van der Waals surface area contributed by atoms with Crippen LogP contribution in [0.1, 0.15) is 35.3 Å².